The second kappa shape index (κ2) is 17.7. The number of benzene rings is 1. The number of nitrogens with zero attached hydrogens (tertiary/aromatic N) is 5. The van der Waals surface area contributed by atoms with Gasteiger partial charge in [0.25, 0.3) is 0 Å². The van der Waals surface area contributed by atoms with Gasteiger partial charge in [-0.05, 0) is 51.6 Å². The molecule has 4 rings (SSSR count). The van der Waals surface area contributed by atoms with E-state index >= 15 is 0 Å². The normalized spacial score (nSPS) is 18.8. The van der Waals surface area contributed by atoms with Crippen LogP contribution in [-0.2, 0) is 32.7 Å². The van der Waals surface area contributed by atoms with E-state index in [-0.39, 0.29) is 38.8 Å². The van der Waals surface area contributed by atoms with Crippen LogP contribution in [-0.4, -0.2) is 72.1 Å². The molecule has 1 radical (unpaired) electrons. The van der Waals surface area contributed by atoms with Crippen LogP contribution in [0.15, 0.2) is 43.1 Å². The summed E-state index contributed by atoms with van der Waals surface area (Å²) in [5.74, 6) is 0. The smallest absolute Gasteiger partial charge is 0.101 e. The molecule has 7 nitrogen and oxygen atoms in total. The predicted molar refractivity (Wildman–Crippen MR) is 139 cm³/mol. The number of anilines is 1. The van der Waals surface area contributed by atoms with Gasteiger partial charge in [0.2, 0.25) is 0 Å². The number of nitriles is 1. The molecule has 8 heteroatoms. The van der Waals surface area contributed by atoms with Gasteiger partial charge in [0.1, 0.15) is 6.07 Å². The van der Waals surface area contributed by atoms with Gasteiger partial charge in [0.05, 0.1) is 11.1 Å². The first-order chi connectivity index (χ1) is 15.9. The molecule has 34 heavy (non-hydrogen) atoms. The Kier molecular flexibility index (Phi) is 16.8. The fourth-order valence-corrected chi connectivity index (χ4v) is 3.93. The molecule has 0 amide bonds. The Morgan fingerprint density at radius 2 is 1.94 bits per heavy atom. The molecule has 0 unspecified atom stereocenters. The number of nitrogens with one attached hydrogen (secondary N) is 1. The predicted octanol–water partition coefficient (Wildman–Crippen LogP) is 4.61. The van der Waals surface area contributed by atoms with Crippen molar-refractivity contribution < 1.29 is 37.8 Å². The summed E-state index contributed by atoms with van der Waals surface area (Å²) in [7, 11) is 0. The fourth-order valence-electron chi connectivity index (χ4n) is 3.93. The fraction of sp³-hybridized carbons (Fsp3) is 0.500. The topological polar surface area (TPSA) is 101 Å². The number of aliphatic hydroxyl groups is 1. The van der Waals surface area contributed by atoms with E-state index in [4.69, 9.17) is 10.5 Å². The molecule has 2 aromatic rings. The number of hydrogen-bond acceptors (Lipinski definition) is 6. The van der Waals surface area contributed by atoms with E-state index in [1.807, 2.05) is 26.0 Å². The second-order valence-electron chi connectivity index (χ2n) is 7.92. The van der Waals surface area contributed by atoms with Gasteiger partial charge in [-0.3, -0.25) is 9.88 Å². The van der Waals surface area contributed by atoms with E-state index in [0.29, 0.717) is 17.6 Å². The van der Waals surface area contributed by atoms with Crippen molar-refractivity contribution in [2.75, 3.05) is 37.6 Å². The van der Waals surface area contributed by atoms with Gasteiger partial charge in [-0.15, -0.1) is 13.1 Å². The minimum Gasteiger partial charge on any atom is -0.660 e. The van der Waals surface area contributed by atoms with E-state index in [2.05, 4.69) is 51.8 Å². The summed E-state index contributed by atoms with van der Waals surface area (Å²) >= 11 is 0. The van der Waals surface area contributed by atoms with Gasteiger partial charge >= 0.3 is 0 Å². The number of aromatic nitrogens is 1. The number of rotatable bonds is 2. The van der Waals surface area contributed by atoms with Crippen LogP contribution in [0.2, 0.25) is 0 Å². The van der Waals surface area contributed by atoms with Gasteiger partial charge in [0, 0.05) is 87.5 Å². The Hall–Kier alpha value is -1.69. The average molecular weight is 541 g/mol. The van der Waals surface area contributed by atoms with E-state index in [1.54, 1.807) is 20.0 Å². The molecule has 0 spiro atoms. The van der Waals surface area contributed by atoms with Crippen LogP contribution < -0.4 is 4.90 Å². The molecule has 2 atom stereocenters. The average Bonchev–Trinajstić information content (AvgIpc) is 2.84. The van der Waals surface area contributed by atoms with Crippen LogP contribution in [0.4, 0.5) is 5.69 Å². The molecule has 0 bridgehead atoms. The van der Waals surface area contributed by atoms with E-state index < -0.39 is 0 Å². The number of fused-ring (bicyclic) bond motifs is 2. The summed E-state index contributed by atoms with van der Waals surface area (Å²) < 4.78 is 0. The molecule has 0 saturated carbocycles. The zero-order chi connectivity index (χ0) is 24.8. The minimum atomic E-state index is -0.167. The SMILES string of the molecule is C=CC=N.CC.CC(C)O.C[C@@H]1CN(c2ccc(C#N)c3ncccc23)C[C@@H]2C[N-]CCN21.[Y]. The third-order valence-electron chi connectivity index (χ3n) is 5.13. The third-order valence-corrected chi connectivity index (χ3v) is 5.13. The zero-order valence-electron chi connectivity index (χ0n) is 21.3. The molecule has 2 aliphatic rings. The third kappa shape index (κ3) is 9.52. The van der Waals surface area contributed by atoms with Crippen molar-refractivity contribution >= 4 is 22.8 Å². The molecular weight excluding hydrogens is 501 g/mol. The van der Waals surface area contributed by atoms with Gasteiger partial charge in [-0.2, -0.15) is 5.26 Å². The Balaban J connectivity index is 0.000000856. The minimum absolute atomic E-state index is 0. The Morgan fingerprint density at radius 3 is 2.53 bits per heavy atom. The summed E-state index contributed by atoms with van der Waals surface area (Å²) in [4.78, 5) is 9.46. The summed E-state index contributed by atoms with van der Waals surface area (Å²) in [6.45, 7) is 17.9. The second-order valence-corrected chi connectivity index (χ2v) is 7.92. The molecule has 2 saturated heterocycles. The molecular formula is C26H39N6OY-. The molecule has 1 aromatic carbocycles. The van der Waals surface area contributed by atoms with E-state index in [9.17, 15) is 5.26 Å². The number of piperazine rings is 2. The van der Waals surface area contributed by atoms with Crippen LogP contribution in [0.3, 0.4) is 0 Å². The molecule has 183 valence electrons. The van der Waals surface area contributed by atoms with Crippen molar-refractivity contribution in [3.8, 4) is 6.07 Å². The number of aliphatic hydroxyl groups excluding tert-OH is 1. The molecule has 2 aliphatic heterocycles. The number of allylic oxidation sites excluding steroid dienone is 1. The Bertz CT molecular complexity index is 905. The summed E-state index contributed by atoms with van der Waals surface area (Å²) in [5, 5.41) is 29.2. The summed E-state index contributed by atoms with van der Waals surface area (Å²) in [5.41, 5.74) is 2.63. The Morgan fingerprint density at radius 1 is 1.29 bits per heavy atom. The van der Waals surface area contributed by atoms with Crippen LogP contribution >= 0.6 is 0 Å². The van der Waals surface area contributed by atoms with Crippen LogP contribution in [0.1, 0.15) is 40.2 Å². The maximum atomic E-state index is 9.31. The summed E-state index contributed by atoms with van der Waals surface area (Å²) in [6, 6.07) is 11.3. The van der Waals surface area contributed by atoms with E-state index in [0.717, 1.165) is 49.8 Å². The number of pyridine rings is 1. The largest absolute Gasteiger partial charge is 0.660 e. The maximum absolute atomic E-state index is 9.31. The van der Waals surface area contributed by atoms with Crippen molar-refractivity contribution in [1.82, 2.24) is 9.88 Å². The Labute approximate surface area is 230 Å². The van der Waals surface area contributed by atoms with Gasteiger partial charge in [-0.25, -0.2) is 0 Å². The molecule has 2 N–H and O–H groups in total. The maximum Gasteiger partial charge on any atom is 0.101 e. The quantitative estimate of drug-likeness (QED) is 0.542. The standard InChI is InChI=1S/C18H20N5.C3H5N.C3H8O.C2H6.Y/c1-13-11-22(12-15-10-20-7-8-23(13)15)17-5-4-14(9-19)18-16(17)3-2-6-21-18;1-2-3-4;1-3(2)4;1-2;/h2-6,13,15H,7-8,10-12H2,1H3;2-4H,1H2;3-4H,1-2H3;1-2H3;/q-1;;;;/t13-,15+;;;;/m1..../s1. The molecule has 0 aliphatic carbocycles. The first-order valence-electron chi connectivity index (χ1n) is 11.6. The van der Waals surface area contributed by atoms with Crippen molar-refractivity contribution in [2.45, 2.75) is 52.8 Å². The van der Waals surface area contributed by atoms with Gasteiger partial charge in [-0.1, -0.05) is 26.5 Å². The monoisotopic (exact) mass is 540 g/mol. The molecule has 1 aromatic heterocycles. The zero-order valence-corrected chi connectivity index (χ0v) is 24.1. The van der Waals surface area contributed by atoms with Crippen molar-refractivity contribution in [3.63, 3.8) is 0 Å². The van der Waals surface area contributed by atoms with Crippen molar-refractivity contribution in [2.24, 2.45) is 0 Å². The van der Waals surface area contributed by atoms with Crippen LogP contribution in [0.5, 0.6) is 0 Å². The number of hydrogen-bond donors (Lipinski definition) is 2. The van der Waals surface area contributed by atoms with Crippen LogP contribution in [0, 0.1) is 16.7 Å². The van der Waals surface area contributed by atoms with Gasteiger partial charge in [0.15, 0.2) is 0 Å². The van der Waals surface area contributed by atoms with E-state index in [1.165, 1.54) is 11.8 Å². The molecule has 3 heterocycles. The van der Waals surface area contributed by atoms with Crippen LogP contribution in [0.25, 0.3) is 16.2 Å². The molecule has 2 fully saturated rings. The first-order valence-corrected chi connectivity index (χ1v) is 11.6. The van der Waals surface area contributed by atoms with Gasteiger partial charge < -0.3 is 20.7 Å². The first kappa shape index (κ1) is 32.3. The summed E-state index contributed by atoms with van der Waals surface area (Å²) in [6.07, 6.45) is 4.15. The van der Waals surface area contributed by atoms with Crippen molar-refractivity contribution in [3.05, 3.63) is 54.0 Å². The van der Waals surface area contributed by atoms with Crippen molar-refractivity contribution in [1.29, 1.82) is 10.7 Å².